The second-order valence-corrected chi connectivity index (χ2v) is 10.8. The molecule has 156 valence electrons. The highest BCUT2D eigenvalue weighted by Crippen LogP contribution is 2.29. The zero-order valence-electron chi connectivity index (χ0n) is 17.3. The van der Waals surface area contributed by atoms with Crippen molar-refractivity contribution in [3.63, 3.8) is 0 Å². The van der Waals surface area contributed by atoms with E-state index in [2.05, 4.69) is 30.7 Å². The molecule has 3 rings (SSSR count). The molecule has 3 aromatic rings. The summed E-state index contributed by atoms with van der Waals surface area (Å²) < 4.78 is 31.1. The second kappa shape index (κ2) is 8.42. The Hall–Kier alpha value is -1.96. The van der Waals surface area contributed by atoms with Crippen LogP contribution in [-0.4, -0.2) is 19.0 Å². The summed E-state index contributed by atoms with van der Waals surface area (Å²) in [6.07, 6.45) is 1.51. The highest BCUT2D eigenvalue weighted by Gasteiger charge is 2.26. The molecule has 1 atom stereocenters. The number of nitrogens with zero attached hydrogens (tertiary/aromatic N) is 1. The lowest BCUT2D eigenvalue weighted by Crippen LogP contribution is -2.37. The molecule has 0 aliphatic carbocycles. The quantitative estimate of drug-likeness (QED) is 0.569. The van der Waals surface area contributed by atoms with Gasteiger partial charge in [0.1, 0.15) is 0 Å². The Morgan fingerprint density at radius 3 is 2.48 bits per heavy atom. The fourth-order valence-corrected chi connectivity index (χ4v) is 6.10. The molecule has 0 fully saturated rings. The van der Waals surface area contributed by atoms with E-state index in [0.717, 1.165) is 23.3 Å². The van der Waals surface area contributed by atoms with Gasteiger partial charge in [-0.05, 0) is 48.9 Å². The van der Waals surface area contributed by atoms with Gasteiger partial charge in [0, 0.05) is 12.6 Å². The summed E-state index contributed by atoms with van der Waals surface area (Å²) in [6, 6.07) is 14.8. The number of hydrogen-bond acceptors (Lipinski definition) is 4. The normalized spacial score (nSPS) is 13.7. The lowest BCUT2D eigenvalue weighted by Gasteiger charge is -2.29. The van der Waals surface area contributed by atoms with E-state index in [1.807, 2.05) is 32.0 Å². The lowest BCUT2D eigenvalue weighted by atomic mass is 9.79. The number of nitrogens with one attached hydrogen (secondary N) is 1. The molecule has 2 aromatic carbocycles. The summed E-state index contributed by atoms with van der Waals surface area (Å²) in [5.41, 5.74) is 1.80. The molecule has 0 aliphatic rings. The minimum absolute atomic E-state index is 0.0534. The van der Waals surface area contributed by atoms with Crippen molar-refractivity contribution in [3.05, 3.63) is 63.8 Å². The minimum atomic E-state index is -3.68. The van der Waals surface area contributed by atoms with E-state index in [0.29, 0.717) is 17.7 Å². The van der Waals surface area contributed by atoms with Crippen LogP contribution in [0, 0.1) is 0 Å². The first-order valence-corrected chi connectivity index (χ1v) is 12.2. The van der Waals surface area contributed by atoms with Crippen LogP contribution in [0.5, 0.6) is 0 Å². The van der Waals surface area contributed by atoms with Crippen molar-refractivity contribution in [3.8, 4) is 0 Å². The first kappa shape index (κ1) is 21.7. The van der Waals surface area contributed by atoms with Crippen LogP contribution in [0.2, 0.25) is 0 Å². The van der Waals surface area contributed by atoms with Crippen molar-refractivity contribution in [2.24, 2.45) is 0 Å². The van der Waals surface area contributed by atoms with Gasteiger partial charge in [0.05, 0.1) is 15.1 Å². The van der Waals surface area contributed by atoms with Crippen LogP contribution in [0.4, 0.5) is 0 Å². The average molecular weight is 433 g/mol. The molecule has 0 aliphatic heterocycles. The van der Waals surface area contributed by atoms with Crippen LogP contribution in [0.25, 0.3) is 10.2 Å². The number of rotatable bonds is 8. The molecular formula is C22H28N2O3S2. The van der Waals surface area contributed by atoms with E-state index in [1.54, 1.807) is 22.8 Å². The Bertz CT molecular complexity index is 1150. The summed E-state index contributed by atoms with van der Waals surface area (Å²) in [5, 5.41) is 0. The van der Waals surface area contributed by atoms with Crippen molar-refractivity contribution in [2.45, 2.75) is 63.4 Å². The molecule has 0 saturated heterocycles. The van der Waals surface area contributed by atoms with Gasteiger partial charge in [0.25, 0.3) is 0 Å². The first-order chi connectivity index (χ1) is 13.6. The van der Waals surface area contributed by atoms with Gasteiger partial charge in [0.2, 0.25) is 10.0 Å². The third kappa shape index (κ3) is 4.79. The molecule has 1 aromatic heterocycles. The maximum atomic E-state index is 12.9. The number of sulfonamides is 1. The second-order valence-electron chi connectivity index (χ2n) is 8.13. The molecule has 7 heteroatoms. The van der Waals surface area contributed by atoms with Crippen molar-refractivity contribution < 1.29 is 8.42 Å². The molecule has 1 N–H and O–H groups in total. The van der Waals surface area contributed by atoms with Gasteiger partial charge < -0.3 is 0 Å². The monoisotopic (exact) mass is 432 g/mol. The molecular weight excluding hydrogens is 404 g/mol. The third-order valence-electron chi connectivity index (χ3n) is 5.13. The maximum absolute atomic E-state index is 12.9. The van der Waals surface area contributed by atoms with Crippen molar-refractivity contribution in [1.29, 1.82) is 0 Å². The smallest absolute Gasteiger partial charge is 0.299 e. The largest absolute Gasteiger partial charge is 0.308 e. The van der Waals surface area contributed by atoms with Crippen LogP contribution in [-0.2, 0) is 22.0 Å². The molecule has 0 amide bonds. The van der Waals surface area contributed by atoms with E-state index in [9.17, 15) is 13.2 Å². The van der Waals surface area contributed by atoms with Crippen LogP contribution in [0.1, 0.15) is 46.1 Å². The molecule has 0 spiro atoms. The van der Waals surface area contributed by atoms with Crippen molar-refractivity contribution >= 4 is 31.6 Å². The Labute approximate surface area is 176 Å². The standard InChI is InChI=1S/C22H28N2O3S2/c1-5-13-24-19-12-11-18(14-20(19)28-21(24)25)29(26,27)23-16(2)15-22(3,4)17-9-7-6-8-10-17/h6-12,14,16,23H,5,13,15H2,1-4H3/t16-/m0/s1. The number of thiazole rings is 1. The van der Waals surface area contributed by atoms with E-state index in [1.165, 1.54) is 5.56 Å². The van der Waals surface area contributed by atoms with E-state index in [4.69, 9.17) is 0 Å². The average Bonchev–Trinajstić information content (AvgIpc) is 2.96. The number of hydrogen-bond donors (Lipinski definition) is 1. The number of aromatic nitrogens is 1. The van der Waals surface area contributed by atoms with Crippen molar-refractivity contribution in [2.75, 3.05) is 0 Å². The van der Waals surface area contributed by atoms with Crippen LogP contribution in [0.15, 0.2) is 58.2 Å². The summed E-state index contributed by atoms with van der Waals surface area (Å²) in [5.74, 6) is 0. The maximum Gasteiger partial charge on any atom is 0.308 e. The predicted molar refractivity (Wildman–Crippen MR) is 120 cm³/mol. The van der Waals surface area contributed by atoms with Gasteiger partial charge in [-0.3, -0.25) is 9.36 Å². The van der Waals surface area contributed by atoms with Crippen LogP contribution in [0.3, 0.4) is 0 Å². The number of fused-ring (bicyclic) bond motifs is 1. The van der Waals surface area contributed by atoms with Crippen molar-refractivity contribution in [1.82, 2.24) is 9.29 Å². The van der Waals surface area contributed by atoms with Crippen LogP contribution >= 0.6 is 11.3 Å². The van der Waals surface area contributed by atoms with E-state index >= 15 is 0 Å². The molecule has 29 heavy (non-hydrogen) atoms. The van der Waals surface area contributed by atoms with Crippen LogP contribution < -0.4 is 9.60 Å². The number of aryl methyl sites for hydroxylation is 1. The van der Waals surface area contributed by atoms with E-state index in [-0.39, 0.29) is 21.2 Å². The first-order valence-electron chi connectivity index (χ1n) is 9.85. The molecule has 0 saturated carbocycles. The van der Waals surface area contributed by atoms with Gasteiger partial charge in [-0.15, -0.1) is 0 Å². The highest BCUT2D eigenvalue weighted by atomic mass is 32.2. The summed E-state index contributed by atoms with van der Waals surface area (Å²) in [6.45, 7) is 8.77. The zero-order chi connectivity index (χ0) is 21.2. The minimum Gasteiger partial charge on any atom is -0.299 e. The lowest BCUT2D eigenvalue weighted by molar-refractivity contribution is 0.418. The Morgan fingerprint density at radius 1 is 1.14 bits per heavy atom. The number of benzene rings is 2. The van der Waals surface area contributed by atoms with Gasteiger partial charge in [-0.25, -0.2) is 13.1 Å². The molecule has 1 heterocycles. The summed E-state index contributed by atoms with van der Waals surface area (Å²) >= 11 is 1.09. The predicted octanol–water partition coefficient (Wildman–Crippen LogP) is 4.51. The summed E-state index contributed by atoms with van der Waals surface area (Å²) in [7, 11) is -3.68. The van der Waals surface area contributed by atoms with Gasteiger partial charge in [-0.1, -0.05) is 62.4 Å². The van der Waals surface area contributed by atoms with Gasteiger partial charge in [0.15, 0.2) is 0 Å². The Morgan fingerprint density at radius 2 is 1.83 bits per heavy atom. The SMILES string of the molecule is CCCn1c(=O)sc2cc(S(=O)(=O)N[C@@H](C)CC(C)(C)c3ccccc3)ccc21. The molecule has 0 unspecified atom stereocenters. The molecule has 0 radical (unpaired) electrons. The fourth-order valence-electron chi connectivity index (χ4n) is 3.80. The van der Waals surface area contributed by atoms with Gasteiger partial charge >= 0.3 is 4.87 Å². The molecule has 0 bridgehead atoms. The summed E-state index contributed by atoms with van der Waals surface area (Å²) in [4.78, 5) is 12.3. The molecule has 5 nitrogen and oxygen atoms in total. The zero-order valence-corrected chi connectivity index (χ0v) is 18.9. The van der Waals surface area contributed by atoms with Gasteiger partial charge in [-0.2, -0.15) is 0 Å². The Kier molecular flexibility index (Phi) is 6.31. The highest BCUT2D eigenvalue weighted by molar-refractivity contribution is 7.89. The van der Waals surface area contributed by atoms with E-state index < -0.39 is 10.0 Å². The Balaban J connectivity index is 1.81. The third-order valence-corrected chi connectivity index (χ3v) is 7.65. The topological polar surface area (TPSA) is 68.2 Å². The fraction of sp³-hybridized carbons (Fsp3) is 0.409.